The summed E-state index contributed by atoms with van der Waals surface area (Å²) in [6, 6.07) is 0. The molecule has 0 N–H and O–H groups in total. The molecule has 494 valence electrons. The van der Waals surface area contributed by atoms with Gasteiger partial charge < -0.3 is 33.3 Å². The summed E-state index contributed by atoms with van der Waals surface area (Å²) in [5, 5.41) is 11.8. The molecule has 0 aromatic rings. The van der Waals surface area contributed by atoms with Crippen molar-refractivity contribution in [3.05, 3.63) is 0 Å². The van der Waals surface area contributed by atoms with Gasteiger partial charge in [0.05, 0.1) is 40.3 Å². The number of carbonyl (C=O) groups excluding carboxylic acids is 3. The van der Waals surface area contributed by atoms with Crippen LogP contribution in [0.15, 0.2) is 0 Å². The maximum absolute atomic E-state index is 12.9. The molecule has 0 saturated carbocycles. The van der Waals surface area contributed by atoms with Gasteiger partial charge >= 0.3 is 11.9 Å². The minimum absolute atomic E-state index is 0.154. The van der Waals surface area contributed by atoms with Crippen molar-refractivity contribution in [1.82, 2.24) is 0 Å². The molecule has 0 bridgehead atoms. The highest BCUT2D eigenvalue weighted by atomic mass is 16.7. The number of carboxylic acid groups (broad SMARTS) is 1. The molecule has 0 aromatic heterocycles. The van der Waals surface area contributed by atoms with Gasteiger partial charge in [-0.15, -0.1) is 0 Å². The van der Waals surface area contributed by atoms with Gasteiger partial charge in [-0.3, -0.25) is 9.59 Å². The minimum atomic E-state index is -1.62. The summed E-state index contributed by atoms with van der Waals surface area (Å²) < 4.78 is 22.9. The van der Waals surface area contributed by atoms with Crippen molar-refractivity contribution in [3.8, 4) is 0 Å². The lowest BCUT2D eigenvalue weighted by atomic mass is 10.0. The van der Waals surface area contributed by atoms with Crippen molar-refractivity contribution < 1.29 is 42.9 Å². The summed E-state index contributed by atoms with van der Waals surface area (Å²) in [5.74, 6) is -2.24. The van der Waals surface area contributed by atoms with E-state index in [0.29, 0.717) is 17.4 Å². The second-order valence-corrected chi connectivity index (χ2v) is 27.0. The molecular formula is C74H145NO8. The Morgan fingerprint density at radius 3 is 0.771 bits per heavy atom. The number of unbranched alkanes of at least 4 members (excludes halogenated alkanes) is 56. The topological polar surface area (TPSA) is 111 Å². The summed E-state index contributed by atoms with van der Waals surface area (Å²) in [4.78, 5) is 37.5. The van der Waals surface area contributed by atoms with Gasteiger partial charge in [0.15, 0.2) is 12.4 Å². The summed E-state index contributed by atoms with van der Waals surface area (Å²) in [7, 11) is 5.95. The highest BCUT2D eigenvalue weighted by Crippen LogP contribution is 2.20. The molecule has 0 aliphatic rings. The van der Waals surface area contributed by atoms with E-state index in [1.165, 1.54) is 334 Å². The number of carboxylic acids is 1. The van der Waals surface area contributed by atoms with Crippen LogP contribution in [-0.2, 0) is 33.3 Å². The molecule has 0 aliphatic heterocycles. The van der Waals surface area contributed by atoms with E-state index in [1.807, 2.05) is 21.1 Å². The van der Waals surface area contributed by atoms with Gasteiger partial charge in [0.25, 0.3) is 0 Å². The van der Waals surface area contributed by atoms with Crippen LogP contribution in [-0.4, -0.2) is 82.3 Å². The Hall–Kier alpha value is -1.71. The van der Waals surface area contributed by atoms with E-state index in [1.54, 1.807) is 0 Å². The van der Waals surface area contributed by atoms with E-state index in [9.17, 15) is 19.5 Å². The standard InChI is InChI=1S/C74H145NO8/c1-6-8-10-12-14-16-18-20-22-24-26-28-30-32-34-36-38-40-42-44-46-48-50-52-54-56-58-60-62-64-71(76)81-68-70(69-82-74(73(78)79)80-67-66-75(3,4)5)83-72(77)65-63-61-59-57-55-53-51-49-47-45-43-41-39-37-35-33-31-29-27-25-23-21-19-17-15-13-11-9-7-2/h70,74H,6-69H2,1-5H3. The summed E-state index contributed by atoms with van der Waals surface area (Å²) in [6.45, 7) is 4.85. The molecular weight excluding hydrogens is 1030 g/mol. The zero-order valence-electron chi connectivity index (χ0n) is 56.6. The molecule has 9 heteroatoms. The van der Waals surface area contributed by atoms with Crippen LogP contribution in [0.5, 0.6) is 0 Å². The van der Waals surface area contributed by atoms with Crippen molar-refractivity contribution in [1.29, 1.82) is 0 Å². The molecule has 9 nitrogen and oxygen atoms in total. The third-order valence-electron chi connectivity index (χ3n) is 17.4. The van der Waals surface area contributed by atoms with Crippen LogP contribution in [0, 0.1) is 0 Å². The lowest BCUT2D eigenvalue weighted by Gasteiger charge is -2.26. The first-order valence-corrected chi connectivity index (χ1v) is 37.2. The van der Waals surface area contributed by atoms with Gasteiger partial charge in [-0.1, -0.05) is 373 Å². The predicted molar refractivity (Wildman–Crippen MR) is 353 cm³/mol. The average Bonchev–Trinajstić information content (AvgIpc) is 3.47. The Morgan fingerprint density at radius 1 is 0.313 bits per heavy atom. The number of likely N-dealkylation sites (N-methyl/N-ethyl adjacent to an activating group) is 1. The van der Waals surface area contributed by atoms with Crippen LogP contribution in [0.3, 0.4) is 0 Å². The van der Waals surface area contributed by atoms with Crippen LogP contribution in [0.1, 0.15) is 399 Å². The van der Waals surface area contributed by atoms with Gasteiger partial charge in [-0.05, 0) is 12.8 Å². The van der Waals surface area contributed by atoms with Crippen molar-refractivity contribution in [2.24, 2.45) is 0 Å². The molecule has 0 spiro atoms. The summed E-state index contributed by atoms with van der Waals surface area (Å²) in [5.41, 5.74) is 0. The van der Waals surface area contributed by atoms with E-state index in [0.717, 1.165) is 38.5 Å². The number of esters is 2. The van der Waals surface area contributed by atoms with E-state index < -0.39 is 24.3 Å². The summed E-state index contributed by atoms with van der Waals surface area (Å²) in [6.07, 6.45) is 76.4. The Morgan fingerprint density at radius 2 is 0.542 bits per heavy atom. The number of aliphatic carboxylic acids is 1. The number of nitrogens with zero attached hydrogens (tertiary/aromatic N) is 1. The predicted octanol–water partition coefficient (Wildman–Crippen LogP) is 21.7. The number of hydrogen-bond donors (Lipinski definition) is 0. The molecule has 0 saturated heterocycles. The average molecular weight is 1180 g/mol. The first-order chi connectivity index (χ1) is 40.6. The van der Waals surface area contributed by atoms with Crippen LogP contribution in [0.25, 0.3) is 0 Å². The SMILES string of the molecule is CCCCCCCCCCCCCCCCCCCCCCCCCCCCCCCC(=O)OCC(COC(OCC[N+](C)(C)C)C(=O)[O-])OC(=O)CCCCCCCCCCCCCCCCCCCCCCCCCCCCCCC. The first kappa shape index (κ1) is 81.3. The monoisotopic (exact) mass is 1180 g/mol. The Balaban J connectivity index is 4.00. The number of hydrogen-bond acceptors (Lipinski definition) is 8. The largest absolute Gasteiger partial charge is 0.545 e. The quantitative estimate of drug-likeness (QED) is 0.0256. The third kappa shape index (κ3) is 67.7. The molecule has 0 radical (unpaired) electrons. The van der Waals surface area contributed by atoms with Crippen LogP contribution < -0.4 is 5.11 Å². The molecule has 0 heterocycles. The van der Waals surface area contributed by atoms with E-state index in [4.69, 9.17) is 18.9 Å². The fourth-order valence-corrected chi connectivity index (χ4v) is 11.7. The smallest absolute Gasteiger partial charge is 0.306 e. The van der Waals surface area contributed by atoms with Crippen LogP contribution in [0.2, 0.25) is 0 Å². The Labute approximate surface area is 517 Å². The van der Waals surface area contributed by atoms with Crippen LogP contribution >= 0.6 is 0 Å². The zero-order chi connectivity index (χ0) is 60.5. The third-order valence-corrected chi connectivity index (χ3v) is 17.4. The van der Waals surface area contributed by atoms with Crippen molar-refractivity contribution in [2.75, 3.05) is 47.5 Å². The molecule has 0 amide bonds. The number of ether oxygens (including phenoxy) is 4. The van der Waals surface area contributed by atoms with E-state index >= 15 is 0 Å². The van der Waals surface area contributed by atoms with Crippen LogP contribution in [0.4, 0.5) is 0 Å². The minimum Gasteiger partial charge on any atom is -0.545 e. The molecule has 0 aromatic carbocycles. The molecule has 83 heavy (non-hydrogen) atoms. The fraction of sp³-hybridized carbons (Fsp3) is 0.959. The maximum atomic E-state index is 12.9. The normalized spacial score (nSPS) is 12.5. The first-order valence-electron chi connectivity index (χ1n) is 37.2. The van der Waals surface area contributed by atoms with E-state index in [2.05, 4.69) is 13.8 Å². The van der Waals surface area contributed by atoms with Crippen molar-refractivity contribution in [3.63, 3.8) is 0 Å². The lowest BCUT2D eigenvalue weighted by Crippen LogP contribution is -2.44. The van der Waals surface area contributed by atoms with Crippen molar-refractivity contribution in [2.45, 2.75) is 411 Å². The lowest BCUT2D eigenvalue weighted by molar-refractivity contribution is -0.870. The second kappa shape index (κ2) is 66.2. The molecule has 0 fully saturated rings. The number of quaternary nitrogens is 1. The Bertz CT molecular complexity index is 1320. The van der Waals surface area contributed by atoms with Gasteiger partial charge in [0.1, 0.15) is 13.2 Å². The number of carbonyl (C=O) groups is 3. The maximum Gasteiger partial charge on any atom is 0.306 e. The number of rotatable bonds is 71. The fourth-order valence-electron chi connectivity index (χ4n) is 11.7. The second-order valence-electron chi connectivity index (χ2n) is 27.0. The molecule has 2 unspecified atom stereocenters. The van der Waals surface area contributed by atoms with E-state index in [-0.39, 0.29) is 32.2 Å². The van der Waals surface area contributed by atoms with Crippen molar-refractivity contribution >= 4 is 17.9 Å². The van der Waals surface area contributed by atoms with Gasteiger partial charge in [0.2, 0.25) is 0 Å². The van der Waals surface area contributed by atoms with Gasteiger partial charge in [-0.2, -0.15) is 0 Å². The Kier molecular flexibility index (Phi) is 64.9. The molecule has 0 rings (SSSR count). The highest BCUT2D eigenvalue weighted by molar-refractivity contribution is 5.70. The highest BCUT2D eigenvalue weighted by Gasteiger charge is 2.22. The summed E-state index contributed by atoms with van der Waals surface area (Å²) >= 11 is 0. The zero-order valence-corrected chi connectivity index (χ0v) is 56.6. The van der Waals surface area contributed by atoms with Gasteiger partial charge in [0, 0.05) is 12.8 Å². The molecule has 2 atom stereocenters. The molecule has 0 aliphatic carbocycles. The van der Waals surface area contributed by atoms with Gasteiger partial charge in [-0.25, -0.2) is 0 Å².